The number of carbonyl (C=O) groups is 2. The summed E-state index contributed by atoms with van der Waals surface area (Å²) in [6.07, 6.45) is 0.709. The molecule has 1 aromatic carbocycles. The summed E-state index contributed by atoms with van der Waals surface area (Å²) in [5.41, 5.74) is 3.02. The second kappa shape index (κ2) is 5.34. The van der Waals surface area contributed by atoms with Gasteiger partial charge in [-0.15, -0.1) is 0 Å². The summed E-state index contributed by atoms with van der Waals surface area (Å²) in [6.45, 7) is 6.32. The molecule has 128 valence electrons. The third-order valence-corrected chi connectivity index (χ3v) is 4.76. The van der Waals surface area contributed by atoms with E-state index in [4.69, 9.17) is 17.3 Å². The van der Waals surface area contributed by atoms with E-state index >= 15 is 0 Å². The number of rotatable bonds is 2. The van der Waals surface area contributed by atoms with E-state index < -0.39 is 11.6 Å². The van der Waals surface area contributed by atoms with Gasteiger partial charge < -0.3 is 15.3 Å². The Hall–Kier alpha value is -2.35. The smallest absolute Gasteiger partial charge is 0.335 e. The number of hydrogen-bond acceptors (Lipinski definition) is 4. The molecule has 0 bridgehead atoms. The Morgan fingerprint density at radius 2 is 1.88 bits per heavy atom. The third kappa shape index (κ3) is 2.66. The van der Waals surface area contributed by atoms with Gasteiger partial charge in [0.15, 0.2) is 5.11 Å². The number of aromatic carboxylic acids is 1. The molecule has 2 aliphatic heterocycles. The zero-order valence-electron chi connectivity index (χ0n) is 13.8. The fraction of sp³-hybridized carbons (Fsp3) is 0.438. The van der Waals surface area contributed by atoms with Crippen LogP contribution in [0.1, 0.15) is 37.6 Å². The maximum absolute atomic E-state index is 12.2. The van der Waals surface area contributed by atoms with Crippen molar-refractivity contribution in [3.8, 4) is 0 Å². The summed E-state index contributed by atoms with van der Waals surface area (Å²) >= 11 is 5.47. The molecule has 8 heteroatoms. The molecule has 0 radical (unpaired) electrons. The molecule has 1 aromatic rings. The first-order valence-electron chi connectivity index (χ1n) is 7.65. The molecule has 0 spiro atoms. The zero-order valence-corrected chi connectivity index (χ0v) is 14.6. The van der Waals surface area contributed by atoms with Crippen molar-refractivity contribution in [1.29, 1.82) is 0 Å². The quantitative estimate of drug-likeness (QED) is 0.695. The van der Waals surface area contributed by atoms with E-state index in [2.05, 4.69) is 24.6 Å². The van der Waals surface area contributed by atoms with Crippen molar-refractivity contribution in [2.24, 2.45) is 0 Å². The monoisotopic (exact) mass is 348 g/mol. The Morgan fingerprint density at radius 1 is 1.25 bits per heavy atom. The van der Waals surface area contributed by atoms with Gasteiger partial charge in [-0.05, 0) is 57.3 Å². The average molecular weight is 348 g/mol. The van der Waals surface area contributed by atoms with E-state index in [9.17, 15) is 9.59 Å². The SMILES string of the molecule is CC1(C)CC2(C)N(CC(=O)NN2c2ccc(C(=O)O)cc2)C(=S)N1. The molecule has 2 heterocycles. The molecule has 7 nitrogen and oxygen atoms in total. The van der Waals surface area contributed by atoms with Crippen LogP contribution in [-0.4, -0.2) is 44.7 Å². The van der Waals surface area contributed by atoms with Crippen molar-refractivity contribution in [2.45, 2.75) is 38.4 Å². The number of carbonyl (C=O) groups excluding carboxylic acids is 1. The first-order valence-corrected chi connectivity index (χ1v) is 8.06. The van der Waals surface area contributed by atoms with E-state index in [1.807, 2.05) is 11.8 Å². The van der Waals surface area contributed by atoms with Gasteiger partial charge >= 0.3 is 5.97 Å². The molecule has 2 fully saturated rings. The summed E-state index contributed by atoms with van der Waals surface area (Å²) in [4.78, 5) is 25.1. The van der Waals surface area contributed by atoms with Crippen molar-refractivity contribution in [2.75, 3.05) is 11.6 Å². The molecule has 24 heavy (non-hydrogen) atoms. The number of hydrogen-bond donors (Lipinski definition) is 3. The molecular weight excluding hydrogens is 328 g/mol. The first-order chi connectivity index (χ1) is 11.1. The number of hydrazine groups is 1. The van der Waals surface area contributed by atoms with Gasteiger partial charge in [-0.3, -0.25) is 15.2 Å². The van der Waals surface area contributed by atoms with Gasteiger partial charge in [-0.1, -0.05) is 0 Å². The Morgan fingerprint density at radius 3 is 2.46 bits per heavy atom. The lowest BCUT2D eigenvalue weighted by Gasteiger charge is -2.59. The van der Waals surface area contributed by atoms with Gasteiger partial charge in [0.2, 0.25) is 0 Å². The van der Waals surface area contributed by atoms with Crippen LogP contribution in [0.5, 0.6) is 0 Å². The van der Waals surface area contributed by atoms with Crippen LogP contribution in [0.3, 0.4) is 0 Å². The summed E-state index contributed by atoms with van der Waals surface area (Å²) in [7, 11) is 0. The van der Waals surface area contributed by atoms with E-state index in [0.29, 0.717) is 17.2 Å². The molecule has 1 atom stereocenters. The van der Waals surface area contributed by atoms with Gasteiger partial charge in [0.1, 0.15) is 12.2 Å². The van der Waals surface area contributed by atoms with Gasteiger partial charge in [-0.25, -0.2) is 4.79 Å². The van der Waals surface area contributed by atoms with E-state index in [0.717, 1.165) is 0 Å². The van der Waals surface area contributed by atoms with E-state index in [-0.39, 0.29) is 23.6 Å². The molecule has 1 amide bonds. The van der Waals surface area contributed by atoms with Gasteiger partial charge in [0.25, 0.3) is 5.91 Å². The third-order valence-electron chi connectivity index (χ3n) is 4.44. The van der Waals surface area contributed by atoms with Crippen molar-refractivity contribution in [1.82, 2.24) is 15.6 Å². The predicted octanol–water partition coefficient (Wildman–Crippen LogP) is 1.31. The van der Waals surface area contributed by atoms with E-state index in [1.54, 1.807) is 17.1 Å². The standard InChI is InChI=1S/C16H20N4O3S/c1-15(2)9-16(3)19(14(24)17-15)8-12(21)18-20(16)11-6-4-10(5-7-11)13(22)23/h4-7H,8-9H2,1-3H3,(H,17,24)(H,18,21)(H,22,23). The van der Waals surface area contributed by atoms with Crippen LogP contribution in [0.2, 0.25) is 0 Å². The molecule has 1 unspecified atom stereocenters. The van der Waals surface area contributed by atoms with Gasteiger partial charge in [0.05, 0.1) is 11.3 Å². The van der Waals surface area contributed by atoms with Crippen molar-refractivity contribution in [3.05, 3.63) is 29.8 Å². The maximum Gasteiger partial charge on any atom is 0.335 e. The van der Waals surface area contributed by atoms with Crippen LogP contribution in [0.15, 0.2) is 24.3 Å². The number of nitrogens with zero attached hydrogens (tertiary/aromatic N) is 2. The van der Waals surface area contributed by atoms with E-state index in [1.165, 1.54) is 12.1 Å². The molecule has 0 aromatic heterocycles. The molecular formula is C16H20N4O3S. The number of fused-ring (bicyclic) bond motifs is 1. The highest BCUT2D eigenvalue weighted by molar-refractivity contribution is 7.80. The van der Waals surface area contributed by atoms with Crippen LogP contribution < -0.4 is 15.8 Å². The van der Waals surface area contributed by atoms with Crippen LogP contribution in [0, 0.1) is 0 Å². The minimum absolute atomic E-state index is 0.168. The van der Waals surface area contributed by atoms with Gasteiger partial charge in [0, 0.05) is 12.0 Å². The highest BCUT2D eigenvalue weighted by atomic mass is 32.1. The number of anilines is 1. The summed E-state index contributed by atoms with van der Waals surface area (Å²) in [5.74, 6) is -1.15. The van der Waals surface area contributed by atoms with Crippen LogP contribution in [-0.2, 0) is 4.79 Å². The predicted molar refractivity (Wildman–Crippen MR) is 93.6 cm³/mol. The van der Waals surface area contributed by atoms with Crippen molar-refractivity contribution in [3.63, 3.8) is 0 Å². The molecule has 2 aliphatic rings. The lowest BCUT2D eigenvalue weighted by Crippen LogP contribution is -2.79. The lowest BCUT2D eigenvalue weighted by atomic mass is 9.86. The molecule has 3 N–H and O–H groups in total. The zero-order chi connectivity index (χ0) is 17.7. The summed E-state index contributed by atoms with van der Waals surface area (Å²) in [5, 5.41) is 14.6. The van der Waals surface area contributed by atoms with Crippen LogP contribution >= 0.6 is 12.2 Å². The highest BCUT2D eigenvalue weighted by Crippen LogP contribution is 2.37. The Labute approximate surface area is 145 Å². The largest absolute Gasteiger partial charge is 0.478 e. The summed E-state index contributed by atoms with van der Waals surface area (Å²) in [6, 6.07) is 6.43. The highest BCUT2D eigenvalue weighted by Gasteiger charge is 2.51. The van der Waals surface area contributed by atoms with Crippen molar-refractivity contribution >= 4 is 34.9 Å². The second-order valence-electron chi connectivity index (χ2n) is 7.02. The van der Waals surface area contributed by atoms with Crippen molar-refractivity contribution < 1.29 is 14.7 Å². The fourth-order valence-electron chi connectivity index (χ4n) is 3.51. The first kappa shape index (κ1) is 16.5. The number of amides is 1. The number of carboxylic acid groups (broad SMARTS) is 1. The topological polar surface area (TPSA) is 84.9 Å². The lowest BCUT2D eigenvalue weighted by molar-refractivity contribution is -0.127. The molecule has 3 rings (SSSR count). The minimum Gasteiger partial charge on any atom is -0.478 e. The summed E-state index contributed by atoms with van der Waals surface area (Å²) < 4.78 is 0. The number of nitrogens with one attached hydrogen (secondary N) is 2. The van der Waals surface area contributed by atoms with Crippen LogP contribution in [0.4, 0.5) is 5.69 Å². The fourth-order valence-corrected chi connectivity index (χ4v) is 4.05. The average Bonchev–Trinajstić information content (AvgIpc) is 2.47. The number of carboxylic acids is 1. The maximum atomic E-state index is 12.2. The minimum atomic E-state index is -0.985. The van der Waals surface area contributed by atoms with Gasteiger partial charge in [-0.2, -0.15) is 0 Å². The Bertz CT molecular complexity index is 719. The second-order valence-corrected chi connectivity index (χ2v) is 7.40. The molecule has 0 saturated carbocycles. The Kier molecular flexibility index (Phi) is 3.67. The molecule has 0 aliphatic carbocycles. The Balaban J connectivity index is 2.02. The molecule has 2 saturated heterocycles. The van der Waals surface area contributed by atoms with Crippen LogP contribution in [0.25, 0.3) is 0 Å². The normalized spacial score (nSPS) is 25.6. The number of thiocarbonyl (C=S) groups is 1. The number of benzene rings is 1.